The molecular weight excluding hydrogens is 266 g/mol. The Morgan fingerprint density at radius 3 is 2.24 bits per heavy atom. The molecule has 114 valence electrons. The number of carboxylic acid groups (broad SMARTS) is 1. The second kappa shape index (κ2) is 7.62. The van der Waals surface area contributed by atoms with Crippen molar-refractivity contribution in [1.29, 1.82) is 0 Å². The van der Waals surface area contributed by atoms with Gasteiger partial charge in [-0.15, -0.1) is 0 Å². The van der Waals surface area contributed by atoms with Gasteiger partial charge in [0, 0.05) is 25.6 Å². The minimum atomic E-state index is -0.966. The van der Waals surface area contributed by atoms with Gasteiger partial charge in [-0.05, 0) is 23.1 Å². The first-order valence-corrected chi connectivity index (χ1v) is 7.06. The fourth-order valence-corrected chi connectivity index (χ4v) is 1.89. The molecule has 1 atom stereocenters. The van der Waals surface area contributed by atoms with Gasteiger partial charge in [-0.2, -0.15) is 0 Å². The minimum absolute atomic E-state index is 0.00720. The zero-order valence-electron chi connectivity index (χ0n) is 13.0. The Hall–Kier alpha value is -2.10. The number of benzene rings is 1. The maximum Gasteiger partial charge on any atom is 0.328 e. The first kappa shape index (κ1) is 17.0. The lowest BCUT2D eigenvalue weighted by Gasteiger charge is -2.23. The third-order valence-corrected chi connectivity index (χ3v) is 3.58. The number of carbonyl (C=O) groups is 2. The maximum absolute atomic E-state index is 12.2. The molecule has 1 amide bonds. The van der Waals surface area contributed by atoms with Crippen molar-refractivity contribution in [2.45, 2.75) is 27.3 Å². The van der Waals surface area contributed by atoms with Crippen molar-refractivity contribution in [3.05, 3.63) is 41.5 Å². The highest BCUT2D eigenvalue weighted by atomic mass is 16.4. The normalized spacial score (nSPS) is 12.6. The molecule has 4 heteroatoms. The molecule has 0 saturated heterocycles. The van der Waals surface area contributed by atoms with E-state index in [9.17, 15) is 9.59 Å². The lowest BCUT2D eigenvalue weighted by molar-refractivity contribution is -0.135. The van der Waals surface area contributed by atoms with Crippen LogP contribution in [-0.2, 0) is 16.1 Å². The largest absolute Gasteiger partial charge is 0.478 e. The topological polar surface area (TPSA) is 57.6 Å². The molecule has 0 spiro atoms. The molecule has 1 N–H and O–H groups in total. The van der Waals surface area contributed by atoms with Crippen molar-refractivity contribution < 1.29 is 14.7 Å². The van der Waals surface area contributed by atoms with Crippen LogP contribution in [0.25, 0.3) is 6.08 Å². The molecule has 0 bridgehead atoms. The Balaban J connectivity index is 2.67. The number of nitrogens with zero attached hydrogens (tertiary/aromatic N) is 1. The summed E-state index contributed by atoms with van der Waals surface area (Å²) in [5, 5.41) is 8.58. The van der Waals surface area contributed by atoms with E-state index in [0.29, 0.717) is 12.5 Å². The highest BCUT2D eigenvalue weighted by Gasteiger charge is 2.20. The summed E-state index contributed by atoms with van der Waals surface area (Å²) in [6.07, 6.45) is 2.65. The van der Waals surface area contributed by atoms with E-state index in [4.69, 9.17) is 5.11 Å². The monoisotopic (exact) mass is 289 g/mol. The first-order valence-electron chi connectivity index (χ1n) is 7.06. The van der Waals surface area contributed by atoms with Gasteiger partial charge in [0.1, 0.15) is 0 Å². The zero-order chi connectivity index (χ0) is 16.0. The number of carbonyl (C=O) groups excluding carboxylic acids is 1. The van der Waals surface area contributed by atoms with Gasteiger partial charge < -0.3 is 10.0 Å². The van der Waals surface area contributed by atoms with Crippen LogP contribution >= 0.6 is 0 Å². The van der Waals surface area contributed by atoms with Gasteiger partial charge in [-0.3, -0.25) is 4.79 Å². The molecule has 0 aromatic heterocycles. The van der Waals surface area contributed by atoms with Crippen molar-refractivity contribution in [1.82, 2.24) is 4.90 Å². The highest BCUT2D eigenvalue weighted by molar-refractivity contribution is 5.85. The maximum atomic E-state index is 12.2. The van der Waals surface area contributed by atoms with Crippen LogP contribution in [0.5, 0.6) is 0 Å². The van der Waals surface area contributed by atoms with Gasteiger partial charge in [0.25, 0.3) is 0 Å². The molecule has 0 radical (unpaired) electrons. The summed E-state index contributed by atoms with van der Waals surface area (Å²) in [4.78, 5) is 24.4. The van der Waals surface area contributed by atoms with Crippen LogP contribution in [0, 0.1) is 11.8 Å². The van der Waals surface area contributed by atoms with E-state index in [1.54, 1.807) is 18.0 Å². The molecule has 0 fully saturated rings. The Morgan fingerprint density at radius 2 is 1.76 bits per heavy atom. The Labute approximate surface area is 126 Å². The van der Waals surface area contributed by atoms with Gasteiger partial charge in [-0.1, -0.05) is 45.0 Å². The first-order chi connectivity index (χ1) is 9.81. The third-order valence-electron chi connectivity index (χ3n) is 3.58. The van der Waals surface area contributed by atoms with E-state index in [0.717, 1.165) is 17.2 Å². The lowest BCUT2D eigenvalue weighted by atomic mass is 9.96. The van der Waals surface area contributed by atoms with Crippen LogP contribution in [0.3, 0.4) is 0 Å². The summed E-state index contributed by atoms with van der Waals surface area (Å²) in [7, 11) is 1.81. The number of carboxylic acids is 1. The van der Waals surface area contributed by atoms with E-state index in [2.05, 4.69) is 0 Å². The molecule has 1 unspecified atom stereocenters. The van der Waals surface area contributed by atoms with E-state index in [1.165, 1.54) is 0 Å². The molecule has 1 aromatic carbocycles. The van der Waals surface area contributed by atoms with Crippen molar-refractivity contribution in [2.75, 3.05) is 7.05 Å². The van der Waals surface area contributed by atoms with E-state index in [-0.39, 0.29) is 11.8 Å². The van der Waals surface area contributed by atoms with Crippen LogP contribution in [0.1, 0.15) is 31.9 Å². The van der Waals surface area contributed by atoms with E-state index < -0.39 is 5.97 Å². The molecule has 0 aliphatic heterocycles. The Kier molecular flexibility index (Phi) is 6.15. The summed E-state index contributed by atoms with van der Waals surface area (Å²) in [6, 6.07) is 7.51. The molecule has 21 heavy (non-hydrogen) atoms. The molecule has 1 aromatic rings. The zero-order valence-corrected chi connectivity index (χ0v) is 13.0. The van der Waals surface area contributed by atoms with Crippen LogP contribution in [0.15, 0.2) is 30.3 Å². The van der Waals surface area contributed by atoms with Gasteiger partial charge in [-0.25, -0.2) is 4.79 Å². The third kappa shape index (κ3) is 5.42. The van der Waals surface area contributed by atoms with E-state index >= 15 is 0 Å². The molecule has 0 aliphatic carbocycles. The SMILES string of the molecule is CC(C)C(C)C(=O)N(C)Cc1ccc(C=CC(=O)O)cc1. The van der Waals surface area contributed by atoms with Crippen LogP contribution in [0.4, 0.5) is 0 Å². The van der Waals surface area contributed by atoms with Crippen molar-refractivity contribution in [3.8, 4) is 0 Å². The molecule has 1 rings (SSSR count). The Bertz CT molecular complexity index is 517. The summed E-state index contributed by atoms with van der Waals surface area (Å²) in [6.45, 7) is 6.59. The number of aliphatic carboxylic acids is 1. The average Bonchev–Trinajstić information content (AvgIpc) is 2.44. The number of rotatable bonds is 6. The lowest BCUT2D eigenvalue weighted by Crippen LogP contribution is -2.33. The fourth-order valence-electron chi connectivity index (χ4n) is 1.89. The van der Waals surface area contributed by atoms with Gasteiger partial charge in [0.15, 0.2) is 0 Å². The van der Waals surface area contributed by atoms with Crippen LogP contribution < -0.4 is 0 Å². The molecule has 0 saturated carbocycles. The van der Waals surface area contributed by atoms with Gasteiger partial charge in [0.05, 0.1) is 0 Å². The molecule has 0 aliphatic rings. The van der Waals surface area contributed by atoms with E-state index in [1.807, 2.05) is 45.0 Å². The van der Waals surface area contributed by atoms with Crippen LogP contribution in [0.2, 0.25) is 0 Å². The van der Waals surface area contributed by atoms with Gasteiger partial charge in [0.2, 0.25) is 5.91 Å². The summed E-state index contributed by atoms with van der Waals surface area (Å²) in [5.41, 5.74) is 1.85. The summed E-state index contributed by atoms with van der Waals surface area (Å²) >= 11 is 0. The smallest absolute Gasteiger partial charge is 0.328 e. The van der Waals surface area contributed by atoms with Crippen molar-refractivity contribution in [3.63, 3.8) is 0 Å². The Morgan fingerprint density at radius 1 is 1.19 bits per heavy atom. The minimum Gasteiger partial charge on any atom is -0.478 e. The van der Waals surface area contributed by atoms with Crippen LogP contribution in [-0.4, -0.2) is 28.9 Å². The molecular formula is C17H23NO3. The number of hydrogen-bond donors (Lipinski definition) is 1. The quantitative estimate of drug-likeness (QED) is 0.819. The fraction of sp³-hybridized carbons (Fsp3) is 0.412. The highest BCUT2D eigenvalue weighted by Crippen LogP contribution is 2.15. The summed E-state index contributed by atoms with van der Waals surface area (Å²) < 4.78 is 0. The summed E-state index contributed by atoms with van der Waals surface area (Å²) in [5.74, 6) is -0.497. The number of amides is 1. The average molecular weight is 289 g/mol. The second-order valence-corrected chi connectivity index (χ2v) is 5.64. The predicted octanol–water partition coefficient (Wildman–Crippen LogP) is 3.03. The van der Waals surface area contributed by atoms with Gasteiger partial charge >= 0.3 is 5.97 Å². The molecule has 4 nitrogen and oxygen atoms in total. The van der Waals surface area contributed by atoms with Crippen molar-refractivity contribution in [2.24, 2.45) is 11.8 Å². The predicted molar refractivity (Wildman–Crippen MR) is 83.6 cm³/mol. The second-order valence-electron chi connectivity index (χ2n) is 5.64. The molecule has 0 heterocycles. The van der Waals surface area contributed by atoms with Crippen molar-refractivity contribution >= 4 is 18.0 Å². The standard InChI is InChI=1S/C17H23NO3/c1-12(2)13(3)17(21)18(4)11-15-7-5-14(6-8-15)9-10-16(19)20/h5-10,12-13H,11H2,1-4H3,(H,19,20). The number of hydrogen-bond acceptors (Lipinski definition) is 2.